The van der Waals surface area contributed by atoms with E-state index in [1.807, 2.05) is 42.2 Å². The van der Waals surface area contributed by atoms with Crippen LogP contribution in [0.4, 0.5) is 0 Å². The maximum atomic E-state index is 12.5. The van der Waals surface area contributed by atoms with E-state index in [9.17, 15) is 4.79 Å². The Balaban J connectivity index is 1.98. The van der Waals surface area contributed by atoms with Gasteiger partial charge in [-0.15, -0.1) is 0 Å². The van der Waals surface area contributed by atoms with Gasteiger partial charge in [-0.3, -0.25) is 9.69 Å². The van der Waals surface area contributed by atoms with Crippen LogP contribution in [0, 0.1) is 5.92 Å². The van der Waals surface area contributed by atoms with E-state index < -0.39 is 0 Å². The fraction of sp³-hybridized carbons (Fsp3) is 0.471. The van der Waals surface area contributed by atoms with Crippen LogP contribution in [0.1, 0.15) is 39.0 Å². The average molecular weight is 271 g/mol. The monoisotopic (exact) mass is 271 g/mol. The summed E-state index contributed by atoms with van der Waals surface area (Å²) >= 11 is 0. The summed E-state index contributed by atoms with van der Waals surface area (Å²) in [6.07, 6.45) is 2.80. The quantitative estimate of drug-likeness (QED) is 0.844. The summed E-state index contributed by atoms with van der Waals surface area (Å²) < 4.78 is 5.99. The largest absolute Gasteiger partial charge is 0.351 e. The molecule has 3 rings (SSSR count). The molecule has 106 valence electrons. The highest BCUT2D eigenvalue weighted by Crippen LogP contribution is 2.46. The molecule has 0 saturated carbocycles. The zero-order chi connectivity index (χ0) is 14.3. The number of benzene rings is 1. The van der Waals surface area contributed by atoms with E-state index in [2.05, 4.69) is 19.9 Å². The first-order valence-electron chi connectivity index (χ1n) is 7.23. The molecule has 2 atom stereocenters. The highest BCUT2D eigenvalue weighted by molar-refractivity contribution is 5.97. The Morgan fingerprint density at radius 3 is 2.70 bits per heavy atom. The van der Waals surface area contributed by atoms with Crippen molar-refractivity contribution in [3.05, 3.63) is 47.5 Å². The topological polar surface area (TPSA) is 29.5 Å². The molecule has 0 spiro atoms. The van der Waals surface area contributed by atoms with Gasteiger partial charge in [0.05, 0.1) is 12.1 Å². The Bertz CT molecular complexity index is 549. The first-order valence-corrected chi connectivity index (χ1v) is 7.23. The van der Waals surface area contributed by atoms with Crippen LogP contribution in [0.3, 0.4) is 0 Å². The van der Waals surface area contributed by atoms with Crippen molar-refractivity contribution in [2.24, 2.45) is 5.92 Å². The highest BCUT2D eigenvalue weighted by Gasteiger charge is 2.53. The van der Waals surface area contributed by atoms with Crippen LogP contribution in [0.25, 0.3) is 0 Å². The SMILES string of the molecule is CC1=C[C@]2(CC(C)C)CO[C@@H](c3ccccc3)N2C1=O. The van der Waals surface area contributed by atoms with E-state index >= 15 is 0 Å². The van der Waals surface area contributed by atoms with Gasteiger partial charge in [0.25, 0.3) is 5.91 Å². The van der Waals surface area contributed by atoms with Crippen LogP contribution in [0.15, 0.2) is 42.0 Å². The standard InChI is InChI=1S/C17H21NO2/c1-12(2)9-17-10-13(3)15(19)18(17)16(20-11-17)14-7-5-4-6-8-14/h4-8,10,12,16H,9,11H2,1-3H3/t16-,17+/m0/s1. The molecule has 2 heterocycles. The van der Waals surface area contributed by atoms with Crippen LogP contribution >= 0.6 is 0 Å². The van der Waals surface area contributed by atoms with Gasteiger partial charge >= 0.3 is 0 Å². The van der Waals surface area contributed by atoms with Gasteiger partial charge in [-0.05, 0) is 25.3 Å². The Kier molecular flexibility index (Phi) is 3.17. The maximum Gasteiger partial charge on any atom is 0.252 e. The summed E-state index contributed by atoms with van der Waals surface area (Å²) in [6, 6.07) is 10.0. The van der Waals surface area contributed by atoms with Crippen molar-refractivity contribution >= 4 is 5.91 Å². The lowest BCUT2D eigenvalue weighted by molar-refractivity contribution is -0.134. The predicted octanol–water partition coefficient (Wildman–Crippen LogP) is 3.29. The fourth-order valence-corrected chi connectivity index (χ4v) is 3.46. The zero-order valence-electron chi connectivity index (χ0n) is 12.3. The molecule has 0 N–H and O–H groups in total. The third kappa shape index (κ3) is 1.97. The molecule has 0 radical (unpaired) electrons. The molecule has 0 bridgehead atoms. The van der Waals surface area contributed by atoms with Gasteiger partial charge in [0, 0.05) is 11.1 Å². The van der Waals surface area contributed by atoms with E-state index in [1.165, 1.54) is 0 Å². The van der Waals surface area contributed by atoms with Crippen LogP contribution in [-0.4, -0.2) is 23.0 Å². The maximum absolute atomic E-state index is 12.5. The van der Waals surface area contributed by atoms with Crippen LogP contribution in [0.2, 0.25) is 0 Å². The van der Waals surface area contributed by atoms with Gasteiger partial charge in [-0.25, -0.2) is 0 Å². The summed E-state index contributed by atoms with van der Waals surface area (Å²) in [6.45, 7) is 6.88. The number of nitrogens with zero attached hydrogens (tertiary/aromatic N) is 1. The van der Waals surface area contributed by atoms with E-state index in [0.29, 0.717) is 12.5 Å². The molecule has 1 saturated heterocycles. The molecule has 3 nitrogen and oxygen atoms in total. The minimum Gasteiger partial charge on any atom is -0.351 e. The molecule has 20 heavy (non-hydrogen) atoms. The van der Waals surface area contributed by atoms with Crippen molar-refractivity contribution in [2.75, 3.05) is 6.61 Å². The van der Waals surface area contributed by atoms with Crippen molar-refractivity contribution < 1.29 is 9.53 Å². The Morgan fingerprint density at radius 1 is 1.35 bits per heavy atom. The Morgan fingerprint density at radius 2 is 2.05 bits per heavy atom. The number of hydrogen-bond acceptors (Lipinski definition) is 2. The lowest BCUT2D eigenvalue weighted by Crippen LogP contribution is -2.45. The Hall–Kier alpha value is -1.61. The molecule has 2 aliphatic rings. The summed E-state index contributed by atoms with van der Waals surface area (Å²) in [4.78, 5) is 14.5. The normalized spacial score (nSPS) is 29.0. The number of ether oxygens (including phenoxy) is 1. The summed E-state index contributed by atoms with van der Waals surface area (Å²) in [5.74, 6) is 0.627. The molecule has 3 heteroatoms. The lowest BCUT2D eigenvalue weighted by atomic mass is 9.89. The van der Waals surface area contributed by atoms with Crippen LogP contribution < -0.4 is 0 Å². The summed E-state index contributed by atoms with van der Waals surface area (Å²) in [5.41, 5.74) is 1.64. The number of rotatable bonds is 3. The van der Waals surface area contributed by atoms with Crippen molar-refractivity contribution in [1.82, 2.24) is 4.90 Å². The first-order chi connectivity index (χ1) is 9.53. The zero-order valence-corrected chi connectivity index (χ0v) is 12.3. The second kappa shape index (κ2) is 4.74. The fourth-order valence-electron chi connectivity index (χ4n) is 3.46. The second-order valence-electron chi connectivity index (χ2n) is 6.28. The van der Waals surface area contributed by atoms with Gasteiger partial charge in [0.1, 0.15) is 0 Å². The van der Waals surface area contributed by atoms with Crippen LogP contribution in [0.5, 0.6) is 0 Å². The van der Waals surface area contributed by atoms with Gasteiger partial charge < -0.3 is 4.74 Å². The smallest absolute Gasteiger partial charge is 0.252 e. The molecule has 1 aromatic carbocycles. The van der Waals surface area contributed by atoms with Gasteiger partial charge in [-0.2, -0.15) is 0 Å². The highest BCUT2D eigenvalue weighted by atomic mass is 16.5. The van der Waals surface area contributed by atoms with Crippen molar-refractivity contribution in [3.8, 4) is 0 Å². The number of fused-ring (bicyclic) bond motifs is 1. The minimum absolute atomic E-state index is 0.108. The van der Waals surface area contributed by atoms with Gasteiger partial charge in [-0.1, -0.05) is 44.2 Å². The van der Waals surface area contributed by atoms with Gasteiger partial charge in [0.2, 0.25) is 0 Å². The number of amides is 1. The van der Waals surface area contributed by atoms with Crippen molar-refractivity contribution in [1.29, 1.82) is 0 Å². The molecule has 0 unspecified atom stereocenters. The third-order valence-corrected chi connectivity index (χ3v) is 4.09. The lowest BCUT2D eigenvalue weighted by Gasteiger charge is -2.33. The molecule has 1 fully saturated rings. The van der Waals surface area contributed by atoms with Crippen molar-refractivity contribution in [3.63, 3.8) is 0 Å². The van der Waals surface area contributed by atoms with E-state index in [1.54, 1.807) is 0 Å². The van der Waals surface area contributed by atoms with E-state index in [4.69, 9.17) is 4.74 Å². The third-order valence-electron chi connectivity index (χ3n) is 4.09. The number of carbonyl (C=O) groups is 1. The summed E-state index contributed by atoms with van der Waals surface area (Å²) in [5, 5.41) is 0. The minimum atomic E-state index is -0.254. The predicted molar refractivity (Wildman–Crippen MR) is 77.9 cm³/mol. The Labute approximate surface area is 120 Å². The second-order valence-corrected chi connectivity index (χ2v) is 6.28. The molecule has 0 aliphatic carbocycles. The average Bonchev–Trinajstić information content (AvgIpc) is 2.86. The van der Waals surface area contributed by atoms with Crippen LogP contribution in [-0.2, 0) is 9.53 Å². The molecular weight excluding hydrogens is 250 g/mol. The van der Waals surface area contributed by atoms with Crippen molar-refractivity contribution in [2.45, 2.75) is 39.0 Å². The molecular formula is C17H21NO2. The summed E-state index contributed by atoms with van der Waals surface area (Å²) in [7, 11) is 0. The first kappa shape index (κ1) is 13.4. The molecule has 2 aliphatic heterocycles. The molecule has 0 aromatic heterocycles. The van der Waals surface area contributed by atoms with Gasteiger partial charge in [0.15, 0.2) is 6.23 Å². The molecule has 1 amide bonds. The molecule has 1 aromatic rings. The van der Waals surface area contributed by atoms with E-state index in [-0.39, 0.29) is 17.7 Å². The number of hydrogen-bond donors (Lipinski definition) is 0. The van der Waals surface area contributed by atoms with E-state index in [0.717, 1.165) is 17.6 Å². The number of carbonyl (C=O) groups excluding carboxylic acids is 1.